The standard InChI is InChI=1S/C66H52B2N4O2/c1-5-17-41(18-6-1)43-29-31-51-57(37-43)73-65-49-27-15-35-69-33-13-25-47(61(49)69)63-59(65)67(51)53-39-54-56(40-55(53)71(63)45-21-9-3-10-22-45)72(46-23-11-4-12-24-46)64-48-26-14-34-70-36-16-28-50(62(48)70)66-60(64)68(54)52-32-30-44(38-58(52)74-66)42-19-7-2-8-20-42/h1-12,17-24,29-32,37-40H,13-16,25-28,33-36H2. The summed E-state index contributed by atoms with van der Waals surface area (Å²) in [5, 5.41) is 0. The van der Waals surface area contributed by atoms with Crippen LogP contribution in [0.15, 0.2) is 170 Å². The molecule has 0 atom stereocenters. The molecule has 0 amide bonds. The fraction of sp³-hybridized carbons (Fsp3) is 0.182. The van der Waals surface area contributed by atoms with E-state index >= 15 is 0 Å². The minimum absolute atomic E-state index is 0.0586. The first-order chi connectivity index (χ1) is 36.7. The molecule has 0 bridgehead atoms. The molecule has 0 aliphatic carbocycles. The summed E-state index contributed by atoms with van der Waals surface area (Å²) in [5.41, 5.74) is 28.6. The molecule has 0 saturated carbocycles. The molecule has 0 aromatic heterocycles. The topological polar surface area (TPSA) is 31.4 Å². The molecule has 8 heterocycles. The predicted molar refractivity (Wildman–Crippen MR) is 307 cm³/mol. The number of benzene rings is 9. The van der Waals surface area contributed by atoms with Crippen molar-refractivity contribution < 1.29 is 9.47 Å². The van der Waals surface area contributed by atoms with Crippen LogP contribution in [0.3, 0.4) is 0 Å². The summed E-state index contributed by atoms with van der Waals surface area (Å²) in [6.45, 7) is 4.22. The van der Waals surface area contributed by atoms with Crippen LogP contribution < -0.4 is 61.9 Å². The van der Waals surface area contributed by atoms with Gasteiger partial charge >= 0.3 is 0 Å². The van der Waals surface area contributed by atoms with E-state index < -0.39 is 0 Å². The Balaban J connectivity index is 1.00. The maximum Gasteiger partial charge on any atom is 0.256 e. The van der Waals surface area contributed by atoms with E-state index in [1.807, 2.05) is 0 Å². The number of ether oxygens (including phenoxy) is 2. The first kappa shape index (κ1) is 41.4. The van der Waals surface area contributed by atoms with Crippen LogP contribution in [0.25, 0.3) is 22.3 Å². The van der Waals surface area contributed by atoms with Gasteiger partial charge in [-0.3, -0.25) is 0 Å². The van der Waals surface area contributed by atoms with Crippen molar-refractivity contribution in [2.75, 3.05) is 45.8 Å². The Morgan fingerprint density at radius 2 is 0.730 bits per heavy atom. The van der Waals surface area contributed by atoms with Gasteiger partial charge < -0.3 is 29.1 Å². The van der Waals surface area contributed by atoms with Crippen molar-refractivity contribution in [1.82, 2.24) is 0 Å². The zero-order chi connectivity index (χ0) is 48.2. The lowest BCUT2D eigenvalue weighted by atomic mass is 9.30. The third-order valence-electron chi connectivity index (χ3n) is 17.9. The van der Waals surface area contributed by atoms with Gasteiger partial charge in [-0.15, -0.1) is 0 Å². The van der Waals surface area contributed by atoms with E-state index in [4.69, 9.17) is 9.47 Å². The number of rotatable bonds is 4. The quantitative estimate of drug-likeness (QED) is 0.163. The second-order valence-electron chi connectivity index (χ2n) is 21.8. The molecular formula is C66H52B2N4O2. The largest absolute Gasteiger partial charge is 0.458 e. The molecule has 0 radical (unpaired) electrons. The van der Waals surface area contributed by atoms with Gasteiger partial charge in [0.25, 0.3) is 13.4 Å². The predicted octanol–water partition coefficient (Wildman–Crippen LogP) is 11.2. The summed E-state index contributed by atoms with van der Waals surface area (Å²) in [5.74, 6) is 4.09. The van der Waals surface area contributed by atoms with Crippen molar-refractivity contribution in [3.63, 3.8) is 0 Å². The van der Waals surface area contributed by atoms with Gasteiger partial charge in [-0.05, 0) is 160 Å². The lowest BCUT2D eigenvalue weighted by Crippen LogP contribution is -2.64. The molecule has 0 N–H and O–H groups in total. The Morgan fingerprint density at radius 1 is 0.338 bits per heavy atom. The molecule has 8 aliphatic heterocycles. The third-order valence-corrected chi connectivity index (χ3v) is 17.9. The lowest BCUT2D eigenvalue weighted by Gasteiger charge is -2.49. The molecule has 8 heteroatoms. The molecule has 0 spiro atoms. The highest BCUT2D eigenvalue weighted by atomic mass is 16.5. The molecule has 17 rings (SSSR count). The number of hydrogen-bond donors (Lipinski definition) is 0. The van der Waals surface area contributed by atoms with Gasteiger partial charge in [0.05, 0.1) is 11.4 Å². The fourth-order valence-corrected chi connectivity index (χ4v) is 15.0. The van der Waals surface area contributed by atoms with Crippen molar-refractivity contribution in [2.24, 2.45) is 0 Å². The van der Waals surface area contributed by atoms with Gasteiger partial charge in [-0.1, -0.05) is 127 Å². The molecule has 9 aromatic carbocycles. The van der Waals surface area contributed by atoms with Gasteiger partial charge in [0.2, 0.25) is 0 Å². The molecule has 6 nitrogen and oxygen atoms in total. The normalized spacial score (nSPS) is 16.6. The van der Waals surface area contributed by atoms with E-state index in [0.29, 0.717) is 0 Å². The van der Waals surface area contributed by atoms with Crippen LogP contribution in [0.4, 0.5) is 45.5 Å². The van der Waals surface area contributed by atoms with Gasteiger partial charge in [0.15, 0.2) is 0 Å². The van der Waals surface area contributed by atoms with E-state index in [0.717, 1.165) is 101 Å². The van der Waals surface area contributed by atoms with Crippen LogP contribution in [0.5, 0.6) is 23.0 Å². The average molecular weight is 955 g/mol. The SMILES string of the molecule is c1ccc(-c2ccc3c(c2)Oc2c4c5c(c6c2B3c2cc3c(cc2N6c2ccccc2)N(c2ccccc2)c2c6c7c(c8c2B3c2ccc(-c3ccccc3)cc2O8)CCCN7CCC6)CCCN5CCC4)cc1. The van der Waals surface area contributed by atoms with Crippen molar-refractivity contribution >= 4 is 91.7 Å². The Morgan fingerprint density at radius 3 is 1.15 bits per heavy atom. The van der Waals surface area contributed by atoms with E-state index in [1.54, 1.807) is 0 Å². The van der Waals surface area contributed by atoms with Crippen molar-refractivity contribution in [3.05, 3.63) is 192 Å². The number of para-hydroxylation sites is 2. The molecule has 354 valence electrons. The summed E-state index contributed by atoms with van der Waals surface area (Å²) in [6, 6.07) is 63.6. The molecule has 74 heavy (non-hydrogen) atoms. The third kappa shape index (κ3) is 5.74. The maximum absolute atomic E-state index is 7.56. The zero-order valence-electron chi connectivity index (χ0n) is 41.4. The molecule has 0 fully saturated rings. The Kier molecular flexibility index (Phi) is 8.79. The lowest BCUT2D eigenvalue weighted by molar-refractivity contribution is 0.475. The van der Waals surface area contributed by atoms with Crippen LogP contribution in [0.2, 0.25) is 0 Å². The van der Waals surface area contributed by atoms with Gasteiger partial charge in [0.1, 0.15) is 23.0 Å². The summed E-state index contributed by atoms with van der Waals surface area (Å²) < 4.78 is 15.1. The maximum atomic E-state index is 7.56. The minimum atomic E-state index is -0.0586. The van der Waals surface area contributed by atoms with Crippen LogP contribution in [-0.2, 0) is 25.7 Å². The van der Waals surface area contributed by atoms with Gasteiger partial charge in [-0.2, -0.15) is 0 Å². The summed E-state index contributed by atoms with van der Waals surface area (Å²) in [7, 11) is 0. The Bertz CT molecular complexity index is 3600. The highest BCUT2D eigenvalue weighted by Crippen LogP contribution is 2.55. The first-order valence-corrected chi connectivity index (χ1v) is 27.3. The molecule has 8 aliphatic rings. The Labute approximate surface area is 433 Å². The summed E-state index contributed by atoms with van der Waals surface area (Å²) in [6.07, 6.45) is 8.66. The van der Waals surface area contributed by atoms with E-state index in [-0.39, 0.29) is 13.4 Å². The van der Waals surface area contributed by atoms with E-state index in [2.05, 4.69) is 189 Å². The zero-order valence-corrected chi connectivity index (χ0v) is 41.4. The highest BCUT2D eigenvalue weighted by molar-refractivity contribution is 7.02. The van der Waals surface area contributed by atoms with Crippen molar-refractivity contribution in [1.29, 1.82) is 0 Å². The van der Waals surface area contributed by atoms with Gasteiger partial charge in [-0.25, -0.2) is 0 Å². The van der Waals surface area contributed by atoms with Gasteiger partial charge in [0, 0.05) is 71.4 Å². The van der Waals surface area contributed by atoms with Crippen molar-refractivity contribution in [2.45, 2.75) is 51.4 Å². The number of nitrogens with zero attached hydrogens (tertiary/aromatic N) is 4. The monoisotopic (exact) mass is 954 g/mol. The fourth-order valence-electron chi connectivity index (χ4n) is 15.0. The highest BCUT2D eigenvalue weighted by Gasteiger charge is 2.51. The van der Waals surface area contributed by atoms with E-state index in [1.165, 1.54) is 123 Å². The Hall–Kier alpha value is -8.09. The second kappa shape index (κ2) is 15.7. The number of hydrogen-bond acceptors (Lipinski definition) is 6. The van der Waals surface area contributed by atoms with Crippen LogP contribution in [0.1, 0.15) is 47.9 Å². The van der Waals surface area contributed by atoms with E-state index in [9.17, 15) is 0 Å². The molecule has 9 aromatic rings. The first-order valence-electron chi connectivity index (χ1n) is 27.3. The minimum Gasteiger partial charge on any atom is -0.458 e. The summed E-state index contributed by atoms with van der Waals surface area (Å²) in [4.78, 5) is 10.7. The van der Waals surface area contributed by atoms with Crippen LogP contribution in [-0.4, -0.2) is 39.6 Å². The smallest absolute Gasteiger partial charge is 0.256 e. The number of anilines is 8. The summed E-state index contributed by atoms with van der Waals surface area (Å²) >= 11 is 0. The molecule has 0 saturated heterocycles. The second-order valence-corrected chi connectivity index (χ2v) is 21.8. The average Bonchev–Trinajstić information content (AvgIpc) is 3.50. The molecular weight excluding hydrogens is 902 g/mol. The van der Waals surface area contributed by atoms with Crippen LogP contribution >= 0.6 is 0 Å². The number of fused-ring (bicyclic) bond motifs is 12. The van der Waals surface area contributed by atoms with Crippen LogP contribution in [0, 0.1) is 0 Å². The molecule has 0 unspecified atom stereocenters. The van der Waals surface area contributed by atoms with Crippen molar-refractivity contribution in [3.8, 4) is 45.3 Å².